The van der Waals surface area contributed by atoms with Crippen molar-refractivity contribution in [2.24, 2.45) is 0 Å². The molecule has 1 aliphatic heterocycles. The Labute approximate surface area is 103 Å². The van der Waals surface area contributed by atoms with Crippen molar-refractivity contribution in [1.82, 2.24) is 15.3 Å². The van der Waals surface area contributed by atoms with Gasteiger partial charge in [-0.1, -0.05) is 0 Å². The zero-order chi connectivity index (χ0) is 12.5. The molecule has 0 bridgehead atoms. The van der Waals surface area contributed by atoms with E-state index in [0.29, 0.717) is 6.04 Å². The van der Waals surface area contributed by atoms with Crippen LogP contribution in [0.15, 0.2) is 12.4 Å². The molecule has 0 radical (unpaired) electrons. The van der Waals surface area contributed by atoms with Crippen LogP contribution in [-0.2, 0) is 0 Å². The topological polar surface area (TPSA) is 53.1 Å². The first-order valence-corrected chi connectivity index (χ1v) is 6.00. The van der Waals surface area contributed by atoms with Crippen molar-refractivity contribution >= 4 is 11.6 Å². The molecule has 94 valence electrons. The van der Waals surface area contributed by atoms with E-state index in [9.17, 15) is 0 Å². The summed E-state index contributed by atoms with van der Waals surface area (Å²) in [6, 6.07) is 2.50. The number of anilines is 2. The van der Waals surface area contributed by atoms with Crippen molar-refractivity contribution in [3.05, 3.63) is 12.4 Å². The monoisotopic (exact) mass is 235 g/mol. The zero-order valence-electron chi connectivity index (χ0n) is 11.0. The summed E-state index contributed by atoms with van der Waals surface area (Å²) in [6.07, 6.45) is 1.62. The lowest BCUT2D eigenvalue weighted by Crippen LogP contribution is -2.51. The Hall–Kier alpha value is -1.36. The van der Waals surface area contributed by atoms with Gasteiger partial charge in [0.05, 0.1) is 6.04 Å². The third kappa shape index (κ3) is 2.85. The average Bonchev–Trinajstić information content (AvgIpc) is 2.22. The van der Waals surface area contributed by atoms with E-state index in [1.807, 2.05) is 6.07 Å². The standard InChI is InChI=1S/C12H21N5/c1-12(2,3)17(4)11-5-10(14-8-15-11)16-9-6-13-7-9/h5,8-9,13H,6-7H2,1-4H3,(H,14,15,16). The molecule has 5 nitrogen and oxygen atoms in total. The molecule has 0 atom stereocenters. The molecule has 2 heterocycles. The third-order valence-electron chi connectivity index (χ3n) is 3.14. The van der Waals surface area contributed by atoms with Gasteiger partial charge in [0.1, 0.15) is 18.0 Å². The maximum atomic E-state index is 4.32. The molecule has 0 amide bonds. The van der Waals surface area contributed by atoms with Crippen LogP contribution in [0.5, 0.6) is 0 Å². The molecule has 0 saturated carbocycles. The van der Waals surface area contributed by atoms with Crippen molar-refractivity contribution in [2.45, 2.75) is 32.4 Å². The van der Waals surface area contributed by atoms with Gasteiger partial charge in [-0.3, -0.25) is 0 Å². The van der Waals surface area contributed by atoms with E-state index >= 15 is 0 Å². The van der Waals surface area contributed by atoms with Crippen LogP contribution in [0.4, 0.5) is 11.6 Å². The molecule has 0 spiro atoms. The van der Waals surface area contributed by atoms with Gasteiger partial charge in [0.25, 0.3) is 0 Å². The SMILES string of the molecule is CN(c1cc(NC2CNC2)ncn1)C(C)(C)C. The molecule has 1 saturated heterocycles. The molecule has 1 aliphatic rings. The second-order valence-electron chi connectivity index (χ2n) is 5.49. The second kappa shape index (κ2) is 4.49. The number of nitrogens with zero attached hydrogens (tertiary/aromatic N) is 3. The van der Waals surface area contributed by atoms with Gasteiger partial charge in [0.15, 0.2) is 0 Å². The van der Waals surface area contributed by atoms with Gasteiger partial charge in [-0.2, -0.15) is 0 Å². The van der Waals surface area contributed by atoms with Crippen LogP contribution in [0.2, 0.25) is 0 Å². The molecule has 0 aliphatic carbocycles. The highest BCUT2D eigenvalue weighted by atomic mass is 15.2. The van der Waals surface area contributed by atoms with E-state index in [1.54, 1.807) is 6.33 Å². The molecule has 1 aromatic rings. The fraction of sp³-hybridized carbons (Fsp3) is 0.667. The first-order chi connectivity index (χ1) is 7.97. The summed E-state index contributed by atoms with van der Waals surface area (Å²) in [6.45, 7) is 8.51. The summed E-state index contributed by atoms with van der Waals surface area (Å²) in [4.78, 5) is 10.7. The summed E-state index contributed by atoms with van der Waals surface area (Å²) < 4.78 is 0. The van der Waals surface area contributed by atoms with Crippen LogP contribution in [-0.4, -0.2) is 41.7 Å². The van der Waals surface area contributed by atoms with E-state index in [1.165, 1.54) is 0 Å². The molecule has 0 aromatic carbocycles. The predicted octanol–water partition coefficient (Wildman–Crippen LogP) is 1.09. The lowest BCUT2D eigenvalue weighted by Gasteiger charge is -2.33. The van der Waals surface area contributed by atoms with Gasteiger partial charge < -0.3 is 15.5 Å². The minimum Gasteiger partial charge on any atom is -0.365 e. The van der Waals surface area contributed by atoms with Gasteiger partial charge in [-0.15, -0.1) is 0 Å². The fourth-order valence-corrected chi connectivity index (χ4v) is 1.55. The number of aromatic nitrogens is 2. The second-order valence-corrected chi connectivity index (χ2v) is 5.49. The Balaban J connectivity index is 2.10. The van der Waals surface area contributed by atoms with Crippen LogP contribution in [0.1, 0.15) is 20.8 Å². The van der Waals surface area contributed by atoms with Crippen LogP contribution >= 0.6 is 0 Å². The first kappa shape index (κ1) is 12.1. The fourth-order valence-electron chi connectivity index (χ4n) is 1.55. The average molecular weight is 235 g/mol. The quantitative estimate of drug-likeness (QED) is 0.821. The lowest BCUT2D eigenvalue weighted by atomic mass is 10.1. The first-order valence-electron chi connectivity index (χ1n) is 6.00. The molecule has 5 heteroatoms. The normalized spacial score (nSPS) is 16.5. The zero-order valence-corrected chi connectivity index (χ0v) is 11.0. The molecular weight excluding hydrogens is 214 g/mol. The summed E-state index contributed by atoms with van der Waals surface area (Å²) in [5.41, 5.74) is 0.0592. The van der Waals surface area contributed by atoms with Gasteiger partial charge in [0.2, 0.25) is 0 Å². The van der Waals surface area contributed by atoms with Crippen LogP contribution < -0.4 is 15.5 Å². The lowest BCUT2D eigenvalue weighted by molar-refractivity contribution is 0.471. The Kier molecular flexibility index (Phi) is 3.19. The van der Waals surface area contributed by atoms with Gasteiger partial charge >= 0.3 is 0 Å². The maximum Gasteiger partial charge on any atom is 0.134 e. The molecule has 1 aromatic heterocycles. The number of nitrogens with one attached hydrogen (secondary N) is 2. The molecule has 2 rings (SSSR count). The predicted molar refractivity (Wildman–Crippen MR) is 70.5 cm³/mol. The summed E-state index contributed by atoms with van der Waals surface area (Å²) in [5.74, 6) is 1.85. The van der Waals surface area contributed by atoms with Crippen LogP contribution in [0, 0.1) is 0 Å². The van der Waals surface area contributed by atoms with Crippen molar-refractivity contribution < 1.29 is 0 Å². The molecule has 2 N–H and O–H groups in total. The van der Waals surface area contributed by atoms with E-state index in [-0.39, 0.29) is 5.54 Å². The molecule has 0 unspecified atom stereocenters. The highest BCUT2D eigenvalue weighted by molar-refractivity contribution is 5.50. The smallest absolute Gasteiger partial charge is 0.134 e. The third-order valence-corrected chi connectivity index (χ3v) is 3.14. The van der Waals surface area contributed by atoms with Gasteiger partial charge in [-0.25, -0.2) is 9.97 Å². The van der Waals surface area contributed by atoms with E-state index in [2.05, 4.69) is 53.3 Å². The van der Waals surface area contributed by atoms with E-state index in [0.717, 1.165) is 24.7 Å². The molecule has 17 heavy (non-hydrogen) atoms. The minimum atomic E-state index is 0.0592. The number of rotatable bonds is 3. The number of hydrogen-bond acceptors (Lipinski definition) is 5. The highest BCUT2D eigenvalue weighted by Crippen LogP contribution is 2.21. The Morgan fingerprint density at radius 1 is 1.35 bits per heavy atom. The minimum absolute atomic E-state index is 0.0592. The molecular formula is C12H21N5. The number of hydrogen-bond donors (Lipinski definition) is 2. The van der Waals surface area contributed by atoms with Crippen LogP contribution in [0.3, 0.4) is 0 Å². The van der Waals surface area contributed by atoms with Crippen molar-refractivity contribution in [3.8, 4) is 0 Å². The van der Waals surface area contributed by atoms with Crippen molar-refractivity contribution in [2.75, 3.05) is 30.4 Å². The van der Waals surface area contributed by atoms with Crippen molar-refractivity contribution in [3.63, 3.8) is 0 Å². The highest BCUT2D eigenvalue weighted by Gasteiger charge is 2.20. The summed E-state index contributed by atoms with van der Waals surface area (Å²) in [7, 11) is 2.05. The molecule has 1 fully saturated rings. The summed E-state index contributed by atoms with van der Waals surface area (Å²) in [5, 5.41) is 6.61. The van der Waals surface area contributed by atoms with Crippen molar-refractivity contribution in [1.29, 1.82) is 0 Å². The largest absolute Gasteiger partial charge is 0.365 e. The van der Waals surface area contributed by atoms with Gasteiger partial charge in [-0.05, 0) is 20.8 Å². The summed E-state index contributed by atoms with van der Waals surface area (Å²) >= 11 is 0. The van der Waals surface area contributed by atoms with Gasteiger partial charge in [0, 0.05) is 31.7 Å². The van der Waals surface area contributed by atoms with Crippen LogP contribution in [0.25, 0.3) is 0 Å². The Morgan fingerprint density at radius 3 is 2.59 bits per heavy atom. The maximum absolute atomic E-state index is 4.32. The van der Waals surface area contributed by atoms with E-state index < -0.39 is 0 Å². The Morgan fingerprint density at radius 2 is 2.06 bits per heavy atom. The van der Waals surface area contributed by atoms with E-state index in [4.69, 9.17) is 0 Å². The Bertz CT molecular complexity index is 381.